The van der Waals surface area contributed by atoms with Gasteiger partial charge in [0, 0.05) is 28.3 Å². The first-order valence-electron chi connectivity index (χ1n) is 9.76. The number of amides is 1. The maximum Gasteiger partial charge on any atom is 0.262 e. The standard InChI is InChI=1S/C24H24BrClN2O3/c1-16-7-9-19(10-8-16)28-24(29)15-31-23-12-20(25)18(11-22(23)30-2)14-27-13-17-5-3-4-6-21(17)26/h3-12,27H,13-15H2,1-2H3,(H,28,29). The molecule has 1 amide bonds. The average Bonchev–Trinajstić information content (AvgIpc) is 2.76. The molecule has 0 fully saturated rings. The Kier molecular flexibility index (Phi) is 8.35. The highest BCUT2D eigenvalue weighted by atomic mass is 79.9. The van der Waals surface area contributed by atoms with Crippen LogP contribution in [0.15, 0.2) is 65.1 Å². The number of benzene rings is 3. The van der Waals surface area contributed by atoms with Crippen LogP contribution in [0, 0.1) is 6.92 Å². The number of halogens is 2. The van der Waals surface area contributed by atoms with E-state index in [1.54, 1.807) is 7.11 Å². The van der Waals surface area contributed by atoms with Gasteiger partial charge in [0.1, 0.15) is 0 Å². The highest BCUT2D eigenvalue weighted by molar-refractivity contribution is 9.10. The number of carbonyl (C=O) groups excluding carboxylic acids is 1. The minimum Gasteiger partial charge on any atom is -0.493 e. The van der Waals surface area contributed by atoms with Gasteiger partial charge in [-0.2, -0.15) is 0 Å². The van der Waals surface area contributed by atoms with Gasteiger partial charge in [0.15, 0.2) is 18.1 Å². The summed E-state index contributed by atoms with van der Waals surface area (Å²) in [5, 5.41) is 6.93. The van der Waals surface area contributed by atoms with Crippen molar-refractivity contribution in [3.8, 4) is 11.5 Å². The predicted molar refractivity (Wildman–Crippen MR) is 128 cm³/mol. The molecule has 2 N–H and O–H groups in total. The van der Waals surface area contributed by atoms with Crippen LogP contribution in [0.3, 0.4) is 0 Å². The number of anilines is 1. The fourth-order valence-electron chi connectivity index (χ4n) is 2.94. The summed E-state index contributed by atoms with van der Waals surface area (Å²) in [5.74, 6) is 0.802. The van der Waals surface area contributed by atoms with Crippen LogP contribution in [0.2, 0.25) is 5.02 Å². The molecule has 3 aromatic rings. The molecule has 0 bridgehead atoms. The largest absolute Gasteiger partial charge is 0.493 e. The average molecular weight is 504 g/mol. The number of rotatable bonds is 9. The van der Waals surface area contributed by atoms with E-state index >= 15 is 0 Å². The second kappa shape index (κ2) is 11.2. The molecule has 7 heteroatoms. The molecule has 31 heavy (non-hydrogen) atoms. The smallest absolute Gasteiger partial charge is 0.262 e. The number of hydrogen-bond donors (Lipinski definition) is 2. The quantitative estimate of drug-likeness (QED) is 0.392. The van der Waals surface area contributed by atoms with Gasteiger partial charge in [-0.1, -0.05) is 63.4 Å². The summed E-state index contributed by atoms with van der Waals surface area (Å²) in [6, 6.07) is 19.0. The van der Waals surface area contributed by atoms with Crippen molar-refractivity contribution in [2.24, 2.45) is 0 Å². The Morgan fingerprint density at radius 3 is 2.42 bits per heavy atom. The van der Waals surface area contributed by atoms with Crippen LogP contribution in [0.4, 0.5) is 5.69 Å². The Labute approximate surface area is 195 Å². The molecule has 0 aromatic heterocycles. The zero-order valence-electron chi connectivity index (χ0n) is 17.4. The lowest BCUT2D eigenvalue weighted by atomic mass is 10.2. The van der Waals surface area contributed by atoms with Gasteiger partial charge in [-0.15, -0.1) is 0 Å². The molecule has 0 aliphatic heterocycles. The molecule has 0 aliphatic rings. The van der Waals surface area contributed by atoms with Crippen molar-refractivity contribution in [1.82, 2.24) is 5.32 Å². The van der Waals surface area contributed by atoms with E-state index in [9.17, 15) is 4.79 Å². The summed E-state index contributed by atoms with van der Waals surface area (Å²) in [5.41, 5.74) is 3.89. The van der Waals surface area contributed by atoms with Crippen molar-refractivity contribution < 1.29 is 14.3 Å². The van der Waals surface area contributed by atoms with Crippen LogP contribution >= 0.6 is 27.5 Å². The fraction of sp³-hybridized carbons (Fsp3) is 0.208. The maximum absolute atomic E-state index is 12.2. The molecule has 0 spiro atoms. The van der Waals surface area contributed by atoms with E-state index in [2.05, 4.69) is 26.6 Å². The molecule has 0 saturated carbocycles. The number of hydrogen-bond acceptors (Lipinski definition) is 4. The Bertz CT molecular complexity index is 1040. The van der Waals surface area contributed by atoms with Crippen molar-refractivity contribution in [2.75, 3.05) is 19.0 Å². The number of methoxy groups -OCH3 is 1. The number of carbonyl (C=O) groups is 1. The molecule has 0 heterocycles. The lowest BCUT2D eigenvalue weighted by Crippen LogP contribution is -2.20. The van der Waals surface area contributed by atoms with Gasteiger partial charge in [-0.05, 0) is 48.4 Å². The van der Waals surface area contributed by atoms with Crippen molar-refractivity contribution in [1.29, 1.82) is 0 Å². The summed E-state index contributed by atoms with van der Waals surface area (Å²) in [6.07, 6.45) is 0. The van der Waals surface area contributed by atoms with Crippen molar-refractivity contribution in [3.63, 3.8) is 0 Å². The third-order valence-electron chi connectivity index (χ3n) is 4.62. The van der Waals surface area contributed by atoms with E-state index in [4.69, 9.17) is 21.1 Å². The number of ether oxygens (including phenoxy) is 2. The molecule has 0 radical (unpaired) electrons. The van der Waals surface area contributed by atoms with Gasteiger partial charge in [0.2, 0.25) is 0 Å². The molecule has 3 rings (SSSR count). The third-order valence-corrected chi connectivity index (χ3v) is 5.72. The van der Waals surface area contributed by atoms with E-state index in [-0.39, 0.29) is 12.5 Å². The SMILES string of the molecule is COc1cc(CNCc2ccccc2Cl)c(Br)cc1OCC(=O)Nc1ccc(C)cc1. The van der Waals surface area contributed by atoms with Crippen LogP contribution in [-0.4, -0.2) is 19.6 Å². The van der Waals surface area contributed by atoms with Gasteiger partial charge >= 0.3 is 0 Å². The number of nitrogens with one attached hydrogen (secondary N) is 2. The zero-order chi connectivity index (χ0) is 22.2. The molecule has 0 aliphatic carbocycles. The highest BCUT2D eigenvalue weighted by Crippen LogP contribution is 2.33. The second-order valence-corrected chi connectivity index (χ2v) is 8.25. The van der Waals surface area contributed by atoms with Gasteiger partial charge in [-0.3, -0.25) is 4.79 Å². The van der Waals surface area contributed by atoms with Crippen LogP contribution in [0.25, 0.3) is 0 Å². The van der Waals surface area contributed by atoms with Crippen LogP contribution < -0.4 is 20.1 Å². The maximum atomic E-state index is 12.2. The van der Waals surface area contributed by atoms with Crippen molar-refractivity contribution in [3.05, 3.63) is 86.8 Å². The topological polar surface area (TPSA) is 59.6 Å². The summed E-state index contributed by atoms with van der Waals surface area (Å²) < 4.78 is 12.0. The van der Waals surface area contributed by atoms with E-state index < -0.39 is 0 Å². The lowest BCUT2D eigenvalue weighted by molar-refractivity contribution is -0.118. The summed E-state index contributed by atoms with van der Waals surface area (Å²) in [4.78, 5) is 12.2. The van der Waals surface area contributed by atoms with E-state index in [1.165, 1.54) is 0 Å². The number of aryl methyl sites for hydroxylation is 1. The zero-order valence-corrected chi connectivity index (χ0v) is 19.7. The summed E-state index contributed by atoms with van der Waals surface area (Å²) in [7, 11) is 1.57. The molecular weight excluding hydrogens is 480 g/mol. The van der Waals surface area contributed by atoms with Gasteiger partial charge in [-0.25, -0.2) is 0 Å². The summed E-state index contributed by atoms with van der Waals surface area (Å²) in [6.45, 7) is 3.12. The van der Waals surface area contributed by atoms with Gasteiger partial charge < -0.3 is 20.1 Å². The molecule has 162 valence electrons. The first-order chi connectivity index (χ1) is 15.0. The Morgan fingerprint density at radius 1 is 1.00 bits per heavy atom. The van der Waals surface area contributed by atoms with Crippen molar-refractivity contribution >= 4 is 39.1 Å². The van der Waals surface area contributed by atoms with Gasteiger partial charge in [0.25, 0.3) is 5.91 Å². The van der Waals surface area contributed by atoms with E-state index in [1.807, 2.05) is 67.6 Å². The molecule has 0 unspecified atom stereocenters. The first kappa shape index (κ1) is 23.1. The third kappa shape index (κ3) is 6.72. The summed E-state index contributed by atoms with van der Waals surface area (Å²) >= 11 is 9.78. The molecule has 0 atom stereocenters. The van der Waals surface area contributed by atoms with E-state index in [0.29, 0.717) is 24.6 Å². The normalized spacial score (nSPS) is 10.6. The van der Waals surface area contributed by atoms with Crippen LogP contribution in [-0.2, 0) is 17.9 Å². The van der Waals surface area contributed by atoms with Crippen molar-refractivity contribution in [2.45, 2.75) is 20.0 Å². The molecule has 0 saturated heterocycles. The minimum absolute atomic E-state index is 0.124. The van der Waals surface area contributed by atoms with Crippen LogP contribution in [0.5, 0.6) is 11.5 Å². The van der Waals surface area contributed by atoms with Crippen LogP contribution in [0.1, 0.15) is 16.7 Å². The lowest BCUT2D eigenvalue weighted by Gasteiger charge is -2.15. The Balaban J connectivity index is 1.58. The molecular formula is C24H24BrClN2O3. The Morgan fingerprint density at radius 2 is 1.71 bits per heavy atom. The minimum atomic E-state index is -0.243. The first-order valence-corrected chi connectivity index (χ1v) is 10.9. The monoisotopic (exact) mass is 502 g/mol. The van der Waals surface area contributed by atoms with E-state index in [0.717, 1.165) is 31.9 Å². The molecule has 3 aromatic carbocycles. The molecule has 5 nitrogen and oxygen atoms in total. The second-order valence-electron chi connectivity index (χ2n) is 6.99. The van der Waals surface area contributed by atoms with Gasteiger partial charge in [0.05, 0.1) is 7.11 Å². The Hall–Kier alpha value is -2.54. The fourth-order valence-corrected chi connectivity index (χ4v) is 3.60. The highest BCUT2D eigenvalue weighted by Gasteiger charge is 2.12. The predicted octanol–water partition coefficient (Wildman–Crippen LogP) is 5.73.